The molecule has 0 saturated carbocycles. The van der Waals surface area contributed by atoms with Gasteiger partial charge >= 0.3 is 0 Å². The Hall–Kier alpha value is -1.75. The van der Waals surface area contributed by atoms with E-state index in [1.807, 2.05) is 36.2 Å². The van der Waals surface area contributed by atoms with Crippen molar-refractivity contribution in [2.24, 2.45) is 0 Å². The molecule has 2 aromatic rings. The van der Waals surface area contributed by atoms with Crippen LogP contribution in [0, 0.1) is 0 Å². The Bertz CT molecular complexity index is 450. The summed E-state index contributed by atoms with van der Waals surface area (Å²) < 4.78 is 0. The maximum Gasteiger partial charge on any atom is 0.250 e. The van der Waals surface area contributed by atoms with Crippen LogP contribution < -0.4 is 10.6 Å². The number of nitrogens with zero attached hydrogens (tertiary/aromatic N) is 3. The largest absolute Gasteiger partial charge is 0.368 e. The number of benzene rings is 1. The first-order valence-electron chi connectivity index (χ1n) is 4.34. The van der Waals surface area contributed by atoms with Crippen LogP contribution in [0.2, 0.25) is 5.02 Å². The van der Waals surface area contributed by atoms with Gasteiger partial charge in [0.05, 0.1) is 0 Å². The first-order valence-corrected chi connectivity index (χ1v) is 4.72. The molecule has 1 aromatic carbocycles. The third-order valence-electron chi connectivity index (χ3n) is 2.00. The maximum atomic E-state index is 5.79. The van der Waals surface area contributed by atoms with Crippen molar-refractivity contribution in [1.82, 2.24) is 15.2 Å². The highest BCUT2D eigenvalue weighted by Gasteiger charge is 2.08. The zero-order valence-corrected chi connectivity index (χ0v) is 8.86. The molecular weight excluding hydrogens is 214 g/mol. The fraction of sp³-hybridized carbons (Fsp3) is 0.111. The van der Waals surface area contributed by atoms with Gasteiger partial charge in [-0.05, 0) is 24.3 Å². The predicted octanol–water partition coefficient (Wildman–Crippen LogP) is 1.81. The highest BCUT2D eigenvalue weighted by atomic mass is 35.5. The third kappa shape index (κ3) is 2.02. The van der Waals surface area contributed by atoms with E-state index < -0.39 is 0 Å². The standard InChI is InChI=1S/C9H10ClN5/c1-15(9-12-8(11)13-14-9)7-4-2-6(10)3-5-7/h2-5H,1H3,(H3,11,12,13,14). The Morgan fingerprint density at radius 1 is 1.33 bits per heavy atom. The van der Waals surface area contributed by atoms with E-state index in [2.05, 4.69) is 15.2 Å². The lowest BCUT2D eigenvalue weighted by atomic mass is 10.3. The summed E-state index contributed by atoms with van der Waals surface area (Å²) in [5.74, 6) is 0.820. The molecule has 0 fully saturated rings. The van der Waals surface area contributed by atoms with Crippen molar-refractivity contribution in [1.29, 1.82) is 0 Å². The van der Waals surface area contributed by atoms with Crippen LogP contribution in [-0.4, -0.2) is 22.2 Å². The highest BCUT2D eigenvalue weighted by molar-refractivity contribution is 6.30. The molecular formula is C9H10ClN5. The predicted molar refractivity (Wildman–Crippen MR) is 60.3 cm³/mol. The Morgan fingerprint density at radius 3 is 2.53 bits per heavy atom. The topological polar surface area (TPSA) is 70.8 Å². The minimum Gasteiger partial charge on any atom is -0.368 e. The molecule has 0 bridgehead atoms. The zero-order chi connectivity index (χ0) is 10.8. The Kier molecular flexibility index (Phi) is 2.47. The van der Waals surface area contributed by atoms with Crippen LogP contribution in [-0.2, 0) is 0 Å². The molecule has 15 heavy (non-hydrogen) atoms. The molecule has 6 heteroatoms. The first kappa shape index (κ1) is 9.79. The lowest BCUT2D eigenvalue weighted by molar-refractivity contribution is 1.04. The Morgan fingerprint density at radius 2 is 2.00 bits per heavy atom. The zero-order valence-electron chi connectivity index (χ0n) is 8.11. The van der Waals surface area contributed by atoms with Gasteiger partial charge in [0.15, 0.2) is 0 Å². The van der Waals surface area contributed by atoms with Gasteiger partial charge in [0, 0.05) is 17.8 Å². The second kappa shape index (κ2) is 3.78. The molecule has 0 unspecified atom stereocenters. The van der Waals surface area contributed by atoms with Crippen LogP contribution >= 0.6 is 11.6 Å². The summed E-state index contributed by atoms with van der Waals surface area (Å²) in [6.45, 7) is 0. The summed E-state index contributed by atoms with van der Waals surface area (Å²) in [5.41, 5.74) is 6.38. The van der Waals surface area contributed by atoms with Crippen molar-refractivity contribution in [2.45, 2.75) is 0 Å². The molecule has 0 aliphatic heterocycles. The summed E-state index contributed by atoms with van der Waals surface area (Å²) in [6.07, 6.45) is 0. The molecule has 0 amide bonds. The molecule has 5 nitrogen and oxygen atoms in total. The van der Waals surface area contributed by atoms with Crippen molar-refractivity contribution in [3.05, 3.63) is 29.3 Å². The van der Waals surface area contributed by atoms with Crippen molar-refractivity contribution in [3.63, 3.8) is 0 Å². The molecule has 1 heterocycles. The number of H-pyrrole nitrogens is 1. The van der Waals surface area contributed by atoms with Gasteiger partial charge < -0.3 is 10.6 Å². The molecule has 0 spiro atoms. The summed E-state index contributed by atoms with van der Waals surface area (Å²) in [4.78, 5) is 5.82. The molecule has 0 radical (unpaired) electrons. The van der Waals surface area contributed by atoms with Crippen LogP contribution in [0.5, 0.6) is 0 Å². The van der Waals surface area contributed by atoms with E-state index in [1.54, 1.807) is 0 Å². The monoisotopic (exact) mass is 223 g/mol. The number of hydrogen-bond donors (Lipinski definition) is 2. The maximum absolute atomic E-state index is 5.79. The lowest BCUT2D eigenvalue weighted by Gasteiger charge is -2.14. The van der Waals surface area contributed by atoms with Gasteiger partial charge in [-0.15, -0.1) is 5.10 Å². The molecule has 2 rings (SSSR count). The molecule has 1 aromatic heterocycles. The summed E-state index contributed by atoms with van der Waals surface area (Å²) in [5, 5.41) is 7.22. The minimum absolute atomic E-state index is 0.297. The minimum atomic E-state index is 0.297. The number of nitrogens with one attached hydrogen (secondary N) is 1. The average molecular weight is 224 g/mol. The average Bonchev–Trinajstić information content (AvgIpc) is 2.65. The fourth-order valence-corrected chi connectivity index (χ4v) is 1.32. The second-order valence-corrected chi connectivity index (χ2v) is 3.49. The van der Waals surface area contributed by atoms with E-state index in [9.17, 15) is 0 Å². The molecule has 0 saturated heterocycles. The van der Waals surface area contributed by atoms with E-state index in [4.69, 9.17) is 17.3 Å². The number of halogens is 1. The lowest BCUT2D eigenvalue weighted by Crippen LogP contribution is -2.10. The molecule has 78 valence electrons. The molecule has 0 aliphatic carbocycles. The molecule has 3 N–H and O–H groups in total. The Balaban J connectivity index is 2.28. The van der Waals surface area contributed by atoms with E-state index in [1.165, 1.54) is 0 Å². The second-order valence-electron chi connectivity index (χ2n) is 3.06. The number of nitrogens with two attached hydrogens (primary N) is 1. The van der Waals surface area contributed by atoms with Crippen molar-refractivity contribution in [3.8, 4) is 0 Å². The van der Waals surface area contributed by atoms with Gasteiger partial charge in [-0.1, -0.05) is 11.6 Å². The van der Waals surface area contributed by atoms with Crippen LogP contribution in [0.3, 0.4) is 0 Å². The number of hydrogen-bond acceptors (Lipinski definition) is 4. The van der Waals surface area contributed by atoms with Crippen LogP contribution in [0.25, 0.3) is 0 Å². The van der Waals surface area contributed by atoms with E-state index >= 15 is 0 Å². The van der Waals surface area contributed by atoms with E-state index in [0.717, 1.165) is 5.69 Å². The summed E-state index contributed by atoms with van der Waals surface area (Å²) in [6, 6.07) is 7.39. The van der Waals surface area contributed by atoms with Gasteiger partial charge in [0.2, 0.25) is 5.95 Å². The number of anilines is 3. The van der Waals surface area contributed by atoms with Gasteiger partial charge in [-0.3, -0.25) is 0 Å². The van der Waals surface area contributed by atoms with Gasteiger partial charge in [-0.2, -0.15) is 4.98 Å². The number of aromatic nitrogens is 3. The van der Waals surface area contributed by atoms with E-state index in [-0.39, 0.29) is 0 Å². The van der Waals surface area contributed by atoms with Crippen molar-refractivity contribution in [2.75, 3.05) is 17.7 Å². The van der Waals surface area contributed by atoms with Gasteiger partial charge in [-0.25, -0.2) is 5.10 Å². The highest BCUT2D eigenvalue weighted by Crippen LogP contribution is 2.21. The number of rotatable bonds is 2. The number of nitrogen functional groups attached to an aromatic ring is 1. The Labute approximate surface area is 91.9 Å². The van der Waals surface area contributed by atoms with Crippen molar-refractivity contribution >= 4 is 29.2 Å². The van der Waals surface area contributed by atoms with Gasteiger partial charge in [0.25, 0.3) is 5.95 Å². The third-order valence-corrected chi connectivity index (χ3v) is 2.26. The van der Waals surface area contributed by atoms with Gasteiger partial charge in [0.1, 0.15) is 0 Å². The fourth-order valence-electron chi connectivity index (χ4n) is 1.20. The first-order chi connectivity index (χ1) is 7.16. The summed E-state index contributed by atoms with van der Waals surface area (Å²) in [7, 11) is 1.85. The van der Waals surface area contributed by atoms with Crippen LogP contribution in [0.4, 0.5) is 17.6 Å². The van der Waals surface area contributed by atoms with Crippen LogP contribution in [0.1, 0.15) is 0 Å². The SMILES string of the molecule is CN(c1ccc(Cl)cc1)c1n[nH]c(N)n1. The van der Waals surface area contributed by atoms with E-state index in [0.29, 0.717) is 16.9 Å². The number of aromatic amines is 1. The molecule has 0 atom stereocenters. The van der Waals surface area contributed by atoms with Crippen LogP contribution in [0.15, 0.2) is 24.3 Å². The quantitative estimate of drug-likeness (QED) is 0.815. The van der Waals surface area contributed by atoms with Crippen molar-refractivity contribution < 1.29 is 0 Å². The normalized spacial score (nSPS) is 10.3. The summed E-state index contributed by atoms with van der Waals surface area (Å²) >= 11 is 5.79. The smallest absolute Gasteiger partial charge is 0.250 e. The molecule has 0 aliphatic rings.